The summed E-state index contributed by atoms with van der Waals surface area (Å²) in [4.78, 5) is 15.4. The molecule has 0 saturated carbocycles. The van der Waals surface area contributed by atoms with Crippen LogP contribution in [0.2, 0.25) is 0 Å². The average Bonchev–Trinajstić information content (AvgIpc) is 2.63. The molecule has 2 aromatic heterocycles. The Morgan fingerprint density at radius 3 is 2.46 bits per heavy atom. The van der Waals surface area contributed by atoms with Crippen molar-refractivity contribution in [1.82, 2.24) is 19.9 Å². The quantitative estimate of drug-likeness (QED) is 0.909. The summed E-state index contributed by atoms with van der Waals surface area (Å²) in [5, 5.41) is 3.59. The van der Waals surface area contributed by atoms with Gasteiger partial charge in [-0.3, -0.25) is 9.88 Å². The Balaban J connectivity index is 1.55. The molecule has 128 valence electrons. The lowest BCUT2D eigenvalue weighted by atomic mass is 10.0. The molecule has 1 N–H and O–H groups in total. The third kappa shape index (κ3) is 4.09. The lowest BCUT2D eigenvalue weighted by Gasteiger charge is -2.36. The Bertz CT molecular complexity index is 635. The molecule has 0 aliphatic carbocycles. The lowest BCUT2D eigenvalue weighted by molar-refractivity contribution is 0.167. The predicted octanol–water partition coefficient (Wildman–Crippen LogP) is 3.63. The number of likely N-dealkylation sites (tertiary alicyclic amines) is 1. The van der Waals surface area contributed by atoms with Crippen LogP contribution in [0.4, 0.5) is 5.82 Å². The molecule has 0 spiro atoms. The van der Waals surface area contributed by atoms with Crippen LogP contribution in [-0.2, 0) is 0 Å². The van der Waals surface area contributed by atoms with Crippen molar-refractivity contribution in [3.63, 3.8) is 0 Å². The second-order valence-electron chi connectivity index (χ2n) is 6.89. The van der Waals surface area contributed by atoms with E-state index < -0.39 is 0 Å². The molecule has 3 rings (SSSR count). The highest BCUT2D eigenvalue weighted by Gasteiger charge is 2.23. The van der Waals surface area contributed by atoms with Crippen LogP contribution in [0.5, 0.6) is 0 Å². The van der Waals surface area contributed by atoms with Crippen LogP contribution in [0.25, 0.3) is 0 Å². The van der Waals surface area contributed by atoms with Gasteiger partial charge in [0.25, 0.3) is 0 Å². The average molecular weight is 325 g/mol. The molecule has 5 heteroatoms. The van der Waals surface area contributed by atoms with E-state index >= 15 is 0 Å². The Morgan fingerprint density at radius 2 is 1.79 bits per heavy atom. The van der Waals surface area contributed by atoms with Crippen LogP contribution >= 0.6 is 0 Å². The van der Waals surface area contributed by atoms with Crippen LogP contribution in [0.3, 0.4) is 0 Å². The van der Waals surface area contributed by atoms with Gasteiger partial charge in [-0.15, -0.1) is 0 Å². The number of aromatic nitrogens is 3. The topological polar surface area (TPSA) is 53.9 Å². The van der Waals surface area contributed by atoms with E-state index in [1.165, 1.54) is 5.56 Å². The summed E-state index contributed by atoms with van der Waals surface area (Å²) in [5.74, 6) is 1.38. The first-order valence-electron chi connectivity index (χ1n) is 8.86. The molecule has 1 saturated heterocycles. The minimum Gasteiger partial charge on any atom is -0.367 e. The maximum Gasteiger partial charge on any atom is 0.129 e. The van der Waals surface area contributed by atoms with Crippen molar-refractivity contribution in [3.05, 3.63) is 48.2 Å². The van der Waals surface area contributed by atoms with Gasteiger partial charge < -0.3 is 5.32 Å². The number of rotatable bonds is 5. The monoisotopic (exact) mass is 325 g/mol. The molecule has 1 unspecified atom stereocenters. The Kier molecular flexibility index (Phi) is 5.41. The van der Waals surface area contributed by atoms with Gasteiger partial charge in [-0.2, -0.15) is 0 Å². The van der Waals surface area contributed by atoms with Gasteiger partial charge in [0.2, 0.25) is 0 Å². The van der Waals surface area contributed by atoms with E-state index in [9.17, 15) is 0 Å². The maximum atomic E-state index is 4.37. The summed E-state index contributed by atoms with van der Waals surface area (Å²) in [6, 6.07) is 7.24. The fourth-order valence-electron chi connectivity index (χ4n) is 3.26. The molecule has 0 bridgehead atoms. The van der Waals surface area contributed by atoms with Crippen LogP contribution in [0.15, 0.2) is 36.9 Å². The van der Waals surface area contributed by atoms with Gasteiger partial charge in [-0.25, -0.2) is 9.97 Å². The molecule has 1 aliphatic rings. The highest BCUT2D eigenvalue weighted by molar-refractivity contribution is 5.37. The fraction of sp³-hybridized carbons (Fsp3) is 0.526. The first-order chi connectivity index (χ1) is 11.6. The largest absolute Gasteiger partial charge is 0.367 e. The van der Waals surface area contributed by atoms with Crippen molar-refractivity contribution < 1.29 is 0 Å². The first-order valence-corrected chi connectivity index (χ1v) is 8.86. The van der Waals surface area contributed by atoms with E-state index in [4.69, 9.17) is 0 Å². The van der Waals surface area contributed by atoms with Gasteiger partial charge in [-0.1, -0.05) is 13.8 Å². The van der Waals surface area contributed by atoms with Crippen molar-refractivity contribution in [3.8, 4) is 0 Å². The van der Waals surface area contributed by atoms with Gasteiger partial charge in [-0.05, 0) is 43.4 Å². The highest BCUT2D eigenvalue weighted by Crippen LogP contribution is 2.25. The van der Waals surface area contributed by atoms with Gasteiger partial charge >= 0.3 is 0 Å². The Hall–Kier alpha value is -2.01. The number of nitrogens with zero attached hydrogens (tertiary/aromatic N) is 4. The summed E-state index contributed by atoms with van der Waals surface area (Å²) in [7, 11) is 0. The third-order valence-electron chi connectivity index (χ3n) is 4.90. The number of pyridine rings is 1. The minimum absolute atomic E-state index is 0.427. The van der Waals surface area contributed by atoms with Crippen molar-refractivity contribution in [2.45, 2.75) is 51.6 Å². The maximum absolute atomic E-state index is 4.37. The van der Waals surface area contributed by atoms with Crippen molar-refractivity contribution >= 4 is 5.82 Å². The van der Waals surface area contributed by atoms with Crippen molar-refractivity contribution in [2.24, 2.45) is 0 Å². The van der Waals surface area contributed by atoms with Gasteiger partial charge in [0.05, 0.1) is 0 Å². The minimum atomic E-state index is 0.427. The Labute approximate surface area is 144 Å². The third-order valence-corrected chi connectivity index (χ3v) is 4.90. The normalized spacial score (nSPS) is 17.8. The second kappa shape index (κ2) is 7.71. The van der Waals surface area contributed by atoms with Crippen molar-refractivity contribution in [1.29, 1.82) is 0 Å². The van der Waals surface area contributed by atoms with Gasteiger partial charge in [0, 0.05) is 49.3 Å². The molecule has 3 heterocycles. The van der Waals surface area contributed by atoms with E-state index in [-0.39, 0.29) is 0 Å². The lowest BCUT2D eigenvalue weighted by Crippen LogP contribution is -2.40. The van der Waals surface area contributed by atoms with Gasteiger partial charge in [0.1, 0.15) is 12.1 Å². The summed E-state index contributed by atoms with van der Waals surface area (Å²) in [6.07, 6.45) is 7.69. The molecule has 1 atom stereocenters. The summed E-state index contributed by atoms with van der Waals surface area (Å²) in [5.41, 5.74) is 2.44. The molecule has 1 fully saturated rings. The summed E-state index contributed by atoms with van der Waals surface area (Å²) in [6.45, 7) is 8.80. The van der Waals surface area contributed by atoms with Crippen molar-refractivity contribution in [2.75, 3.05) is 18.4 Å². The number of nitrogens with one attached hydrogen (secondary N) is 1. The molecule has 0 amide bonds. The van der Waals surface area contributed by atoms with Crippen LogP contribution in [0, 0.1) is 0 Å². The predicted molar refractivity (Wildman–Crippen MR) is 97.0 cm³/mol. The molecular weight excluding hydrogens is 298 g/mol. The van der Waals surface area contributed by atoms with E-state index in [2.05, 4.69) is 64.1 Å². The van der Waals surface area contributed by atoms with E-state index in [1.807, 2.05) is 12.4 Å². The van der Waals surface area contributed by atoms with Crippen LogP contribution in [-0.4, -0.2) is 39.0 Å². The number of hydrogen-bond donors (Lipinski definition) is 1. The molecule has 1 aliphatic heterocycles. The number of hydrogen-bond acceptors (Lipinski definition) is 5. The molecule has 0 aromatic carbocycles. The standard InChI is InChI=1S/C19H27N5/c1-14(2)18-12-19(22-13-21-18)23-17-6-10-24(11-7-17)15(3)16-4-8-20-9-5-16/h4-5,8-9,12-15,17H,6-7,10-11H2,1-3H3,(H,21,22,23). The van der Waals surface area contributed by atoms with Gasteiger partial charge in [0.15, 0.2) is 0 Å². The fourth-order valence-corrected chi connectivity index (χ4v) is 3.26. The van der Waals surface area contributed by atoms with E-state index in [0.717, 1.165) is 37.4 Å². The number of piperidine rings is 1. The molecule has 2 aromatic rings. The summed E-state index contributed by atoms with van der Waals surface area (Å²) >= 11 is 0. The van der Waals surface area contributed by atoms with E-state index in [1.54, 1.807) is 6.33 Å². The zero-order chi connectivity index (χ0) is 16.9. The Morgan fingerprint density at radius 1 is 1.08 bits per heavy atom. The van der Waals surface area contributed by atoms with Crippen LogP contribution < -0.4 is 5.32 Å². The first kappa shape index (κ1) is 16.8. The zero-order valence-electron chi connectivity index (χ0n) is 14.8. The second-order valence-corrected chi connectivity index (χ2v) is 6.89. The van der Waals surface area contributed by atoms with E-state index in [0.29, 0.717) is 18.0 Å². The molecular formula is C19H27N5. The zero-order valence-corrected chi connectivity index (χ0v) is 14.8. The molecule has 24 heavy (non-hydrogen) atoms. The summed E-state index contributed by atoms with van der Waals surface area (Å²) < 4.78 is 0. The highest BCUT2D eigenvalue weighted by atomic mass is 15.2. The SMILES string of the molecule is CC(C)c1cc(NC2CCN(C(C)c3ccncc3)CC2)ncn1. The molecule has 0 radical (unpaired) electrons. The number of anilines is 1. The smallest absolute Gasteiger partial charge is 0.129 e. The van der Waals surface area contributed by atoms with Crippen LogP contribution in [0.1, 0.15) is 56.8 Å². The molecule has 5 nitrogen and oxygen atoms in total.